The molecule has 0 unspecified atom stereocenters. The van der Waals surface area contributed by atoms with Gasteiger partial charge in [-0.15, -0.1) is 0 Å². The zero-order chi connectivity index (χ0) is 22.6. The topological polar surface area (TPSA) is 66.5 Å². The summed E-state index contributed by atoms with van der Waals surface area (Å²) in [7, 11) is -3.60. The van der Waals surface area contributed by atoms with Crippen molar-refractivity contribution in [2.45, 2.75) is 44.9 Å². The molecule has 1 fully saturated rings. The van der Waals surface area contributed by atoms with Crippen molar-refractivity contribution in [3.63, 3.8) is 0 Å². The molecular weight excluding hydrogens is 455 g/mol. The normalized spacial score (nSPS) is 18.5. The number of halogens is 2. The second kappa shape index (κ2) is 10.3. The molecule has 1 N–H and O–H groups in total. The Labute approximate surface area is 194 Å². The third-order valence-corrected chi connectivity index (χ3v) is 8.13. The molecule has 1 saturated heterocycles. The summed E-state index contributed by atoms with van der Waals surface area (Å²) < 4.78 is 27.3. The molecule has 1 aliphatic heterocycles. The lowest BCUT2D eigenvalue weighted by molar-refractivity contribution is -0.126. The summed E-state index contributed by atoms with van der Waals surface area (Å²) in [6.45, 7) is 4.63. The van der Waals surface area contributed by atoms with Crippen LogP contribution in [0.5, 0.6) is 0 Å². The van der Waals surface area contributed by atoms with Crippen molar-refractivity contribution in [1.82, 2.24) is 9.62 Å². The first-order valence-corrected chi connectivity index (χ1v) is 12.9. The monoisotopic (exact) mass is 482 g/mol. The molecule has 2 aromatic rings. The van der Waals surface area contributed by atoms with Crippen LogP contribution in [0.4, 0.5) is 0 Å². The van der Waals surface area contributed by atoms with Gasteiger partial charge < -0.3 is 5.32 Å². The van der Waals surface area contributed by atoms with Crippen molar-refractivity contribution in [2.24, 2.45) is 5.92 Å². The summed E-state index contributed by atoms with van der Waals surface area (Å²) in [5, 5.41) is 3.83. The van der Waals surface area contributed by atoms with Crippen LogP contribution < -0.4 is 5.32 Å². The van der Waals surface area contributed by atoms with Gasteiger partial charge in [-0.3, -0.25) is 4.79 Å². The van der Waals surface area contributed by atoms with Gasteiger partial charge in [0.2, 0.25) is 15.9 Å². The number of aryl methyl sites for hydroxylation is 1. The van der Waals surface area contributed by atoms with Crippen molar-refractivity contribution in [3.05, 3.63) is 69.2 Å². The Hall–Kier alpha value is -1.60. The molecule has 1 heterocycles. The van der Waals surface area contributed by atoms with Crippen molar-refractivity contribution in [2.75, 3.05) is 13.1 Å². The molecule has 5 nitrogen and oxygen atoms in total. The molecule has 0 aromatic heterocycles. The Morgan fingerprint density at radius 1 is 1.19 bits per heavy atom. The van der Waals surface area contributed by atoms with Crippen LogP contribution in [0.25, 0.3) is 0 Å². The van der Waals surface area contributed by atoms with Crippen LogP contribution >= 0.6 is 23.2 Å². The molecule has 0 bridgehead atoms. The molecule has 1 amide bonds. The van der Waals surface area contributed by atoms with E-state index < -0.39 is 10.0 Å². The standard InChI is InChI=1S/C23H28Cl2N2O3S/c1-3-17-6-8-18(9-7-17)16(2)26-23(28)19-5-4-12-27(14-19)31(29,30)15-20-10-11-21(24)13-22(20)25/h6-11,13,16,19H,3-5,12,14-15H2,1-2H3,(H,26,28)/t16-,19+/m1/s1. The maximum absolute atomic E-state index is 13.0. The fraction of sp³-hybridized carbons (Fsp3) is 0.435. The van der Waals surface area contributed by atoms with Crippen molar-refractivity contribution in [1.29, 1.82) is 0 Å². The first-order chi connectivity index (χ1) is 14.7. The van der Waals surface area contributed by atoms with Crippen molar-refractivity contribution < 1.29 is 13.2 Å². The number of hydrogen-bond donors (Lipinski definition) is 1. The maximum atomic E-state index is 13.0. The van der Waals surface area contributed by atoms with Crippen LogP contribution in [0.3, 0.4) is 0 Å². The lowest BCUT2D eigenvalue weighted by Crippen LogP contribution is -2.46. The van der Waals surface area contributed by atoms with E-state index in [1.54, 1.807) is 12.1 Å². The molecule has 0 spiro atoms. The van der Waals surface area contributed by atoms with Gasteiger partial charge in [-0.05, 0) is 55.0 Å². The van der Waals surface area contributed by atoms with Crippen LogP contribution in [0.1, 0.15) is 49.4 Å². The third-order valence-electron chi connectivity index (χ3n) is 5.75. The smallest absolute Gasteiger partial charge is 0.224 e. The average molecular weight is 483 g/mol. The summed E-state index contributed by atoms with van der Waals surface area (Å²) in [6.07, 6.45) is 2.28. The number of benzene rings is 2. The number of carbonyl (C=O) groups excluding carboxylic acids is 1. The molecule has 1 aliphatic rings. The van der Waals surface area contributed by atoms with E-state index in [4.69, 9.17) is 23.2 Å². The highest BCUT2D eigenvalue weighted by atomic mass is 35.5. The molecule has 0 radical (unpaired) electrons. The SMILES string of the molecule is CCc1ccc([C@@H](C)NC(=O)[C@H]2CCCN(S(=O)(=O)Cc3ccc(Cl)cc3Cl)C2)cc1. The fourth-order valence-electron chi connectivity index (χ4n) is 3.79. The number of sulfonamides is 1. The average Bonchev–Trinajstić information content (AvgIpc) is 2.75. The second-order valence-electron chi connectivity index (χ2n) is 8.01. The van der Waals surface area contributed by atoms with E-state index in [1.807, 2.05) is 19.1 Å². The number of nitrogens with zero attached hydrogens (tertiary/aromatic N) is 1. The summed E-state index contributed by atoms with van der Waals surface area (Å²) in [5.74, 6) is -0.699. The minimum Gasteiger partial charge on any atom is -0.349 e. The van der Waals surface area contributed by atoms with Crippen LogP contribution in [0, 0.1) is 5.92 Å². The molecule has 168 valence electrons. The number of piperidine rings is 1. The highest BCUT2D eigenvalue weighted by Gasteiger charge is 2.33. The Kier molecular flexibility index (Phi) is 8.03. The van der Waals surface area contributed by atoms with E-state index >= 15 is 0 Å². The highest BCUT2D eigenvalue weighted by Crippen LogP contribution is 2.27. The number of rotatable bonds is 7. The van der Waals surface area contributed by atoms with E-state index in [0.29, 0.717) is 35.0 Å². The van der Waals surface area contributed by atoms with Gasteiger partial charge in [0, 0.05) is 23.1 Å². The van der Waals surface area contributed by atoms with Crippen molar-refractivity contribution in [3.8, 4) is 0 Å². The minimum absolute atomic E-state index is 0.114. The molecule has 3 rings (SSSR count). The molecule has 2 aromatic carbocycles. The lowest BCUT2D eigenvalue weighted by atomic mass is 9.97. The highest BCUT2D eigenvalue weighted by molar-refractivity contribution is 7.88. The first-order valence-electron chi connectivity index (χ1n) is 10.5. The summed E-state index contributed by atoms with van der Waals surface area (Å²) in [5.41, 5.74) is 2.78. The third kappa shape index (κ3) is 6.22. The molecule has 0 saturated carbocycles. The number of nitrogens with one attached hydrogen (secondary N) is 1. The second-order valence-corrected chi connectivity index (χ2v) is 10.8. The molecule has 0 aliphatic carbocycles. The van der Waals surface area contributed by atoms with Crippen LogP contribution in [0.15, 0.2) is 42.5 Å². The van der Waals surface area contributed by atoms with Gasteiger partial charge in [0.1, 0.15) is 0 Å². The Balaban J connectivity index is 1.63. The zero-order valence-corrected chi connectivity index (χ0v) is 20.1. The molecule has 31 heavy (non-hydrogen) atoms. The maximum Gasteiger partial charge on any atom is 0.224 e. The minimum atomic E-state index is -3.60. The quantitative estimate of drug-likeness (QED) is 0.605. The largest absolute Gasteiger partial charge is 0.349 e. The zero-order valence-electron chi connectivity index (χ0n) is 17.8. The van der Waals surface area contributed by atoms with Crippen LogP contribution in [-0.4, -0.2) is 31.7 Å². The van der Waals surface area contributed by atoms with E-state index in [-0.39, 0.29) is 30.2 Å². The Morgan fingerprint density at radius 2 is 1.90 bits per heavy atom. The van der Waals surface area contributed by atoms with Gasteiger partial charge in [-0.1, -0.05) is 60.5 Å². The van der Waals surface area contributed by atoms with E-state index in [2.05, 4.69) is 24.4 Å². The summed E-state index contributed by atoms with van der Waals surface area (Å²) in [6, 6.07) is 12.8. The Morgan fingerprint density at radius 3 is 2.55 bits per heavy atom. The molecule has 2 atom stereocenters. The predicted octanol–water partition coefficient (Wildman–Crippen LogP) is 4.98. The van der Waals surface area contributed by atoms with Gasteiger partial charge >= 0.3 is 0 Å². The number of hydrogen-bond acceptors (Lipinski definition) is 3. The van der Waals surface area contributed by atoms with Crippen molar-refractivity contribution >= 4 is 39.1 Å². The first kappa shape index (κ1) is 24.1. The lowest BCUT2D eigenvalue weighted by Gasteiger charge is -2.32. The van der Waals surface area contributed by atoms with Gasteiger partial charge in [0.15, 0.2) is 0 Å². The predicted molar refractivity (Wildman–Crippen MR) is 126 cm³/mol. The van der Waals surface area contributed by atoms with Gasteiger partial charge in [-0.25, -0.2) is 12.7 Å². The van der Waals surface area contributed by atoms with E-state index in [9.17, 15) is 13.2 Å². The van der Waals surface area contributed by atoms with E-state index in [1.165, 1.54) is 15.9 Å². The molecule has 8 heteroatoms. The number of amides is 1. The van der Waals surface area contributed by atoms with Crippen LogP contribution in [0.2, 0.25) is 10.0 Å². The number of carbonyl (C=O) groups is 1. The Bertz CT molecular complexity index is 1030. The van der Waals surface area contributed by atoms with Gasteiger partial charge in [-0.2, -0.15) is 0 Å². The summed E-state index contributed by atoms with van der Waals surface area (Å²) >= 11 is 12.1. The van der Waals surface area contributed by atoms with Gasteiger partial charge in [0.25, 0.3) is 0 Å². The van der Waals surface area contributed by atoms with Crippen LogP contribution in [-0.2, 0) is 27.0 Å². The van der Waals surface area contributed by atoms with E-state index in [0.717, 1.165) is 12.0 Å². The van der Waals surface area contributed by atoms with Gasteiger partial charge in [0.05, 0.1) is 17.7 Å². The molecular formula is C23H28Cl2N2O3S. The summed E-state index contributed by atoms with van der Waals surface area (Å²) in [4.78, 5) is 12.9. The fourth-order valence-corrected chi connectivity index (χ4v) is 5.99.